The highest BCUT2D eigenvalue weighted by atomic mass is 32.1. The van der Waals surface area contributed by atoms with Gasteiger partial charge in [-0.15, -0.1) is 11.3 Å². The molecule has 63 heavy (non-hydrogen) atoms. The lowest BCUT2D eigenvalue weighted by Gasteiger charge is -2.19. The first kappa shape index (κ1) is 36.8. The van der Waals surface area contributed by atoms with Crippen molar-refractivity contribution in [2.24, 2.45) is 0 Å². The first-order valence-corrected chi connectivity index (χ1v) is 22.1. The Kier molecular flexibility index (Phi) is 9.02. The molecule has 0 atom stereocenters. The van der Waals surface area contributed by atoms with Crippen LogP contribution in [-0.2, 0) is 0 Å². The molecule has 2 aromatic heterocycles. The van der Waals surface area contributed by atoms with Crippen molar-refractivity contribution < 1.29 is 0 Å². The van der Waals surface area contributed by atoms with Crippen LogP contribution >= 0.6 is 11.3 Å². The van der Waals surface area contributed by atoms with Crippen molar-refractivity contribution in [1.82, 2.24) is 15.0 Å². The lowest BCUT2D eigenvalue weighted by Crippen LogP contribution is -2.00. The molecule has 0 unspecified atom stereocenters. The number of nitrogens with zero attached hydrogens (tertiary/aromatic N) is 3. The summed E-state index contributed by atoms with van der Waals surface area (Å²) in [5, 5.41) is 7.67. The molecule has 294 valence electrons. The lowest BCUT2D eigenvalue weighted by atomic mass is 9.84. The summed E-state index contributed by atoms with van der Waals surface area (Å²) in [6.07, 6.45) is 0. The standard InChI is InChI=1S/C59H37N3S/c1-5-18-38(19-6-1)51-35-45(36-52(39-20-7-2-8-21-39)54(51)40-22-9-3-10-23-40)42-26-17-27-43(34-42)58-60-57(41-24-11-4-12-25-41)61-59(62-58)44-32-33-50-53(37-44)63-56-49-31-16-14-29-47(49)46-28-13-15-30-48(46)55(50)56/h1-37H. The molecule has 0 saturated heterocycles. The molecule has 0 aliphatic carbocycles. The van der Waals surface area contributed by atoms with Crippen LogP contribution in [0.1, 0.15) is 0 Å². The second-order valence-corrected chi connectivity index (χ2v) is 17.0. The molecule has 3 nitrogen and oxygen atoms in total. The molecular formula is C59H37N3S. The largest absolute Gasteiger partial charge is 0.208 e. The molecule has 2 heterocycles. The Morgan fingerprint density at radius 1 is 0.270 bits per heavy atom. The Balaban J connectivity index is 1.03. The summed E-state index contributed by atoms with van der Waals surface area (Å²) >= 11 is 1.84. The molecule has 0 aliphatic heterocycles. The molecule has 0 amide bonds. The average Bonchev–Trinajstić information content (AvgIpc) is 3.77. The molecule has 0 N–H and O–H groups in total. The van der Waals surface area contributed by atoms with E-state index >= 15 is 0 Å². The summed E-state index contributed by atoms with van der Waals surface area (Å²) in [6.45, 7) is 0. The second kappa shape index (κ2) is 15.4. The van der Waals surface area contributed by atoms with E-state index in [-0.39, 0.29) is 0 Å². The SMILES string of the molecule is c1ccc(-c2nc(-c3cccc(-c4cc(-c5ccccc5)c(-c5ccccc5)c(-c5ccccc5)c4)c3)nc(-c3ccc4c(c3)sc3c5ccccc5c5ccccc5c43)n2)cc1. The zero-order chi connectivity index (χ0) is 41.7. The van der Waals surface area contributed by atoms with Crippen molar-refractivity contribution in [1.29, 1.82) is 0 Å². The number of hydrogen-bond donors (Lipinski definition) is 0. The van der Waals surface area contributed by atoms with Gasteiger partial charge < -0.3 is 0 Å². The number of aromatic nitrogens is 3. The summed E-state index contributed by atoms with van der Waals surface area (Å²) < 4.78 is 2.51. The van der Waals surface area contributed by atoms with E-state index < -0.39 is 0 Å². The van der Waals surface area contributed by atoms with Gasteiger partial charge in [-0.05, 0) is 84.9 Å². The van der Waals surface area contributed by atoms with Crippen LogP contribution in [0.3, 0.4) is 0 Å². The van der Waals surface area contributed by atoms with Crippen LogP contribution in [-0.4, -0.2) is 15.0 Å². The van der Waals surface area contributed by atoms with Crippen molar-refractivity contribution in [2.75, 3.05) is 0 Å². The molecule has 0 saturated carbocycles. The van der Waals surface area contributed by atoms with E-state index in [1.165, 1.54) is 64.0 Å². The quantitative estimate of drug-likeness (QED) is 0.150. The summed E-state index contributed by atoms with van der Waals surface area (Å²) in [5.74, 6) is 1.91. The van der Waals surface area contributed by atoms with E-state index in [0.29, 0.717) is 17.5 Å². The van der Waals surface area contributed by atoms with Gasteiger partial charge in [-0.2, -0.15) is 0 Å². The van der Waals surface area contributed by atoms with Gasteiger partial charge in [-0.1, -0.05) is 200 Å². The summed E-state index contributed by atoms with van der Waals surface area (Å²) in [6, 6.07) is 79.9. The van der Waals surface area contributed by atoms with Crippen molar-refractivity contribution >= 4 is 53.1 Å². The van der Waals surface area contributed by atoms with Crippen molar-refractivity contribution in [2.45, 2.75) is 0 Å². The second-order valence-electron chi connectivity index (χ2n) is 15.9. The predicted molar refractivity (Wildman–Crippen MR) is 266 cm³/mol. The number of hydrogen-bond acceptors (Lipinski definition) is 4. The molecule has 4 heteroatoms. The highest BCUT2D eigenvalue weighted by Crippen LogP contribution is 2.46. The van der Waals surface area contributed by atoms with Gasteiger partial charge in [-0.25, -0.2) is 15.0 Å². The molecular weight excluding hydrogens is 783 g/mol. The number of fused-ring (bicyclic) bond motifs is 8. The maximum atomic E-state index is 5.26. The average molecular weight is 820 g/mol. The molecule has 10 aromatic carbocycles. The van der Waals surface area contributed by atoms with Crippen LogP contribution in [0.5, 0.6) is 0 Å². The number of thiophene rings is 1. The first-order valence-electron chi connectivity index (χ1n) is 21.3. The van der Waals surface area contributed by atoms with Gasteiger partial charge in [-0.3, -0.25) is 0 Å². The molecule has 0 aliphatic rings. The van der Waals surface area contributed by atoms with Crippen molar-refractivity contribution in [3.05, 3.63) is 224 Å². The van der Waals surface area contributed by atoms with Crippen LogP contribution in [0.4, 0.5) is 0 Å². The van der Waals surface area contributed by atoms with Gasteiger partial charge in [0.1, 0.15) is 0 Å². The summed E-state index contributed by atoms with van der Waals surface area (Å²) in [7, 11) is 0. The van der Waals surface area contributed by atoms with Gasteiger partial charge in [0, 0.05) is 42.2 Å². The minimum absolute atomic E-state index is 0.626. The van der Waals surface area contributed by atoms with Crippen LogP contribution in [0.2, 0.25) is 0 Å². The van der Waals surface area contributed by atoms with Crippen LogP contribution in [0.25, 0.3) is 120 Å². The molecule has 12 rings (SSSR count). The minimum atomic E-state index is 0.626. The van der Waals surface area contributed by atoms with Crippen molar-refractivity contribution in [3.8, 4) is 78.7 Å². The Morgan fingerprint density at radius 2 is 0.714 bits per heavy atom. The van der Waals surface area contributed by atoms with Gasteiger partial charge >= 0.3 is 0 Å². The van der Waals surface area contributed by atoms with Gasteiger partial charge in [0.25, 0.3) is 0 Å². The van der Waals surface area contributed by atoms with E-state index in [2.05, 4.69) is 206 Å². The van der Waals surface area contributed by atoms with E-state index in [0.717, 1.165) is 38.9 Å². The fraction of sp³-hybridized carbons (Fsp3) is 0. The third-order valence-corrected chi connectivity index (χ3v) is 13.3. The molecule has 0 fully saturated rings. The van der Waals surface area contributed by atoms with Gasteiger partial charge in [0.05, 0.1) is 0 Å². The third kappa shape index (κ3) is 6.56. The monoisotopic (exact) mass is 819 g/mol. The van der Waals surface area contributed by atoms with Gasteiger partial charge in [0.15, 0.2) is 17.5 Å². The fourth-order valence-electron chi connectivity index (χ4n) is 9.15. The lowest BCUT2D eigenvalue weighted by molar-refractivity contribution is 1.07. The van der Waals surface area contributed by atoms with Gasteiger partial charge in [0.2, 0.25) is 0 Å². The zero-order valence-corrected chi connectivity index (χ0v) is 34.9. The first-order chi connectivity index (χ1) is 31.2. The van der Waals surface area contributed by atoms with E-state index in [1.54, 1.807) is 0 Å². The van der Waals surface area contributed by atoms with Crippen molar-refractivity contribution in [3.63, 3.8) is 0 Å². The Hall–Kier alpha value is -8.05. The topological polar surface area (TPSA) is 38.7 Å². The fourth-order valence-corrected chi connectivity index (χ4v) is 10.4. The van der Waals surface area contributed by atoms with Crippen LogP contribution in [0.15, 0.2) is 224 Å². The molecule has 0 bridgehead atoms. The maximum Gasteiger partial charge on any atom is 0.164 e. The summed E-state index contributed by atoms with van der Waals surface area (Å²) in [4.78, 5) is 15.6. The summed E-state index contributed by atoms with van der Waals surface area (Å²) in [5.41, 5.74) is 12.1. The van der Waals surface area contributed by atoms with E-state index in [1.807, 2.05) is 29.5 Å². The normalized spacial score (nSPS) is 11.5. The smallest absolute Gasteiger partial charge is 0.164 e. The maximum absolute atomic E-state index is 5.26. The predicted octanol–water partition coefficient (Wildman–Crippen LogP) is 16.2. The van der Waals surface area contributed by atoms with E-state index in [4.69, 9.17) is 15.0 Å². The Morgan fingerprint density at radius 3 is 1.32 bits per heavy atom. The van der Waals surface area contributed by atoms with Crippen LogP contribution in [0, 0.1) is 0 Å². The molecule has 0 radical (unpaired) electrons. The Bertz CT molecular complexity index is 3600. The van der Waals surface area contributed by atoms with Crippen LogP contribution < -0.4 is 0 Å². The Labute approximate surface area is 369 Å². The third-order valence-electron chi connectivity index (χ3n) is 12.1. The highest BCUT2D eigenvalue weighted by Gasteiger charge is 2.20. The van der Waals surface area contributed by atoms with E-state index in [9.17, 15) is 0 Å². The zero-order valence-electron chi connectivity index (χ0n) is 34.1. The molecule has 12 aromatic rings. The highest BCUT2D eigenvalue weighted by molar-refractivity contribution is 7.27. The molecule has 0 spiro atoms. The number of benzene rings is 10. The number of rotatable bonds is 7. The minimum Gasteiger partial charge on any atom is -0.208 e.